The number of fused-ring (bicyclic) bond motifs is 1. The van der Waals surface area contributed by atoms with Gasteiger partial charge in [0.1, 0.15) is 11.3 Å². The Morgan fingerprint density at radius 1 is 1.14 bits per heavy atom. The van der Waals surface area contributed by atoms with E-state index in [0.717, 1.165) is 6.07 Å². The van der Waals surface area contributed by atoms with Crippen molar-refractivity contribution in [1.29, 1.82) is 0 Å². The number of alkyl halides is 3. The number of ether oxygens (including phenoxy) is 1. The Bertz CT molecular complexity index is 1120. The molecule has 0 unspecified atom stereocenters. The summed E-state index contributed by atoms with van der Waals surface area (Å²) >= 11 is 6.25. The van der Waals surface area contributed by atoms with Gasteiger partial charge in [0.25, 0.3) is 0 Å². The molecule has 0 amide bonds. The van der Waals surface area contributed by atoms with Gasteiger partial charge in [0.15, 0.2) is 5.82 Å². The van der Waals surface area contributed by atoms with Crippen molar-refractivity contribution in [3.05, 3.63) is 39.8 Å². The molecule has 10 heteroatoms. The normalized spacial score (nSPS) is 12.1. The molecule has 5 nitrogen and oxygen atoms in total. The van der Waals surface area contributed by atoms with Crippen molar-refractivity contribution in [1.82, 2.24) is 15.0 Å². The number of methoxy groups -OCH3 is 1. The van der Waals surface area contributed by atoms with Crippen molar-refractivity contribution in [3.8, 4) is 17.3 Å². The SMILES string of the molecule is COc1nc(C(C)C)c2cc(Cl)c(-c3nc(N)cc(C)c3C(F)(F)F)c(F)c2n1. The van der Waals surface area contributed by atoms with Crippen LogP contribution in [0.1, 0.15) is 36.6 Å². The summed E-state index contributed by atoms with van der Waals surface area (Å²) < 4.78 is 61.7. The molecule has 0 bridgehead atoms. The van der Waals surface area contributed by atoms with Crippen LogP contribution >= 0.6 is 11.6 Å². The van der Waals surface area contributed by atoms with Crippen molar-refractivity contribution in [2.45, 2.75) is 32.9 Å². The first-order valence-electron chi connectivity index (χ1n) is 8.54. The number of aryl methyl sites for hydroxylation is 1. The van der Waals surface area contributed by atoms with Crippen LogP contribution in [0.5, 0.6) is 6.01 Å². The maximum Gasteiger partial charge on any atom is 0.418 e. The second-order valence-electron chi connectivity index (χ2n) is 6.78. The van der Waals surface area contributed by atoms with Crippen LogP contribution in [-0.2, 0) is 6.18 Å². The van der Waals surface area contributed by atoms with E-state index in [1.54, 1.807) is 0 Å². The molecule has 2 heterocycles. The monoisotopic (exact) mass is 428 g/mol. The van der Waals surface area contributed by atoms with Crippen LogP contribution in [0.25, 0.3) is 22.2 Å². The Labute approximate surface area is 168 Å². The molecule has 0 saturated carbocycles. The van der Waals surface area contributed by atoms with E-state index in [4.69, 9.17) is 22.1 Å². The summed E-state index contributed by atoms with van der Waals surface area (Å²) in [5.41, 5.74) is 3.35. The van der Waals surface area contributed by atoms with E-state index in [0.29, 0.717) is 5.69 Å². The second-order valence-corrected chi connectivity index (χ2v) is 7.19. The zero-order chi connectivity index (χ0) is 21.7. The third-order valence-corrected chi connectivity index (χ3v) is 4.68. The predicted molar refractivity (Wildman–Crippen MR) is 103 cm³/mol. The first kappa shape index (κ1) is 21.0. The van der Waals surface area contributed by atoms with Gasteiger partial charge in [-0.1, -0.05) is 25.4 Å². The summed E-state index contributed by atoms with van der Waals surface area (Å²) in [5, 5.41) is 0.0231. The molecule has 3 rings (SSSR count). The number of nitrogens with two attached hydrogens (primary N) is 1. The summed E-state index contributed by atoms with van der Waals surface area (Å²) in [6, 6.07) is 2.30. The highest BCUT2D eigenvalue weighted by Gasteiger charge is 2.38. The average molecular weight is 429 g/mol. The van der Waals surface area contributed by atoms with Crippen molar-refractivity contribution >= 4 is 28.3 Å². The van der Waals surface area contributed by atoms with Crippen LogP contribution in [0.4, 0.5) is 23.4 Å². The number of nitrogens with zero attached hydrogens (tertiary/aromatic N) is 3. The van der Waals surface area contributed by atoms with Crippen molar-refractivity contribution in [3.63, 3.8) is 0 Å². The lowest BCUT2D eigenvalue weighted by atomic mass is 9.97. The number of halogens is 5. The molecule has 0 saturated heterocycles. The minimum atomic E-state index is -4.79. The van der Waals surface area contributed by atoms with Crippen LogP contribution in [0.15, 0.2) is 12.1 Å². The molecule has 0 fully saturated rings. The van der Waals surface area contributed by atoms with Crippen molar-refractivity contribution in [2.75, 3.05) is 12.8 Å². The average Bonchev–Trinajstić information content (AvgIpc) is 2.59. The van der Waals surface area contributed by atoms with Crippen molar-refractivity contribution in [2.24, 2.45) is 0 Å². The van der Waals surface area contributed by atoms with Gasteiger partial charge in [-0.05, 0) is 30.5 Å². The third kappa shape index (κ3) is 3.66. The van der Waals surface area contributed by atoms with Crippen LogP contribution in [0, 0.1) is 12.7 Å². The first-order valence-corrected chi connectivity index (χ1v) is 8.91. The highest BCUT2D eigenvalue weighted by Crippen LogP contribution is 2.44. The minimum absolute atomic E-state index is 0.110. The smallest absolute Gasteiger partial charge is 0.418 e. The Morgan fingerprint density at radius 3 is 2.34 bits per heavy atom. The molecule has 0 aliphatic carbocycles. The molecule has 29 heavy (non-hydrogen) atoms. The predicted octanol–water partition coefficient (Wildman–Crippen LogP) is 5.53. The molecule has 0 atom stereocenters. The molecule has 0 aliphatic rings. The first-order chi connectivity index (χ1) is 13.5. The number of pyridine rings is 1. The fourth-order valence-electron chi connectivity index (χ4n) is 3.18. The van der Waals surface area contributed by atoms with Crippen LogP contribution in [0.2, 0.25) is 5.02 Å². The fourth-order valence-corrected chi connectivity index (χ4v) is 3.46. The molecular formula is C19H17ClF4N4O. The zero-order valence-corrected chi connectivity index (χ0v) is 16.7. The minimum Gasteiger partial charge on any atom is -0.467 e. The van der Waals surface area contributed by atoms with Gasteiger partial charge < -0.3 is 10.5 Å². The fraction of sp³-hybridized carbons (Fsp3) is 0.316. The van der Waals surface area contributed by atoms with E-state index < -0.39 is 28.8 Å². The molecule has 154 valence electrons. The Hall–Kier alpha value is -2.68. The van der Waals surface area contributed by atoms with Gasteiger partial charge >= 0.3 is 12.2 Å². The largest absolute Gasteiger partial charge is 0.467 e. The number of anilines is 1. The van der Waals surface area contributed by atoms with Gasteiger partial charge in [-0.15, -0.1) is 0 Å². The maximum absolute atomic E-state index is 15.5. The van der Waals surface area contributed by atoms with E-state index in [-0.39, 0.29) is 39.2 Å². The Kier molecular flexibility index (Phi) is 5.29. The molecule has 1 aromatic carbocycles. The van der Waals surface area contributed by atoms with Gasteiger partial charge in [-0.2, -0.15) is 23.1 Å². The number of nitrogen functional groups attached to an aromatic ring is 1. The molecular weight excluding hydrogens is 412 g/mol. The summed E-state index contributed by atoms with van der Waals surface area (Å²) in [6.07, 6.45) is -4.79. The number of rotatable bonds is 3. The highest BCUT2D eigenvalue weighted by atomic mass is 35.5. The molecule has 0 spiro atoms. The van der Waals surface area contributed by atoms with Gasteiger partial charge in [-0.25, -0.2) is 9.37 Å². The van der Waals surface area contributed by atoms with Gasteiger partial charge in [0.05, 0.1) is 34.6 Å². The standard InChI is InChI=1S/C19H17ClF4N4O/c1-7(2)15-9-6-10(20)12(14(21)16(9)28-18(27-15)29-4)17-13(19(22,23)24)8(3)5-11(25)26-17/h5-7H,1-4H3,(H2,25,26). The summed E-state index contributed by atoms with van der Waals surface area (Å²) in [7, 11) is 1.31. The Balaban J connectivity index is 2.48. The highest BCUT2D eigenvalue weighted by molar-refractivity contribution is 6.34. The summed E-state index contributed by atoms with van der Waals surface area (Å²) in [5.74, 6) is -1.39. The van der Waals surface area contributed by atoms with E-state index in [9.17, 15) is 13.2 Å². The second kappa shape index (κ2) is 7.29. The van der Waals surface area contributed by atoms with E-state index in [2.05, 4.69) is 15.0 Å². The van der Waals surface area contributed by atoms with Crippen LogP contribution in [-0.4, -0.2) is 22.1 Å². The number of benzene rings is 1. The van der Waals surface area contributed by atoms with Gasteiger partial charge in [-0.3, -0.25) is 0 Å². The number of aromatic nitrogens is 3. The lowest BCUT2D eigenvalue weighted by molar-refractivity contribution is -0.137. The molecule has 2 aromatic heterocycles. The van der Waals surface area contributed by atoms with Crippen molar-refractivity contribution < 1.29 is 22.3 Å². The van der Waals surface area contributed by atoms with Gasteiger partial charge in [0.2, 0.25) is 0 Å². The topological polar surface area (TPSA) is 73.9 Å². The van der Waals surface area contributed by atoms with E-state index >= 15 is 4.39 Å². The molecule has 2 N–H and O–H groups in total. The molecule has 3 aromatic rings. The number of hydrogen-bond acceptors (Lipinski definition) is 5. The Morgan fingerprint density at radius 2 is 1.79 bits per heavy atom. The van der Waals surface area contributed by atoms with E-state index in [1.165, 1.54) is 20.1 Å². The zero-order valence-electron chi connectivity index (χ0n) is 15.9. The summed E-state index contributed by atoms with van der Waals surface area (Å²) in [4.78, 5) is 12.0. The van der Waals surface area contributed by atoms with Gasteiger partial charge in [0, 0.05) is 5.39 Å². The molecule has 0 aliphatic heterocycles. The lowest BCUT2D eigenvalue weighted by Gasteiger charge is -2.18. The molecule has 0 radical (unpaired) electrons. The number of hydrogen-bond donors (Lipinski definition) is 1. The van der Waals surface area contributed by atoms with Crippen LogP contribution < -0.4 is 10.5 Å². The third-order valence-electron chi connectivity index (χ3n) is 4.38. The van der Waals surface area contributed by atoms with E-state index in [1.807, 2.05) is 13.8 Å². The summed E-state index contributed by atoms with van der Waals surface area (Å²) in [6.45, 7) is 4.87. The maximum atomic E-state index is 15.5. The lowest BCUT2D eigenvalue weighted by Crippen LogP contribution is -2.13. The van der Waals surface area contributed by atoms with Crippen LogP contribution in [0.3, 0.4) is 0 Å². The quantitative estimate of drug-likeness (QED) is 0.555.